The van der Waals surface area contributed by atoms with Gasteiger partial charge in [0.1, 0.15) is 0 Å². The van der Waals surface area contributed by atoms with Crippen molar-refractivity contribution in [3.8, 4) is 0 Å². The number of rotatable bonds is 1. The second-order valence-electron chi connectivity index (χ2n) is 6.17. The number of fused-ring (bicyclic) bond motifs is 1. The van der Waals surface area contributed by atoms with E-state index in [9.17, 15) is 5.11 Å². The third-order valence-corrected chi connectivity index (χ3v) is 4.87. The molecule has 2 nitrogen and oxygen atoms in total. The summed E-state index contributed by atoms with van der Waals surface area (Å²) in [5.41, 5.74) is 2.04. The fourth-order valence-corrected chi connectivity index (χ4v) is 3.61. The molecule has 1 saturated carbocycles. The smallest absolute Gasteiger partial charge is 0.0892 e. The summed E-state index contributed by atoms with van der Waals surface area (Å²) >= 11 is 0. The SMILES string of the molecule is CC1(C)CCCC1(O)C1NCc2ccccc21. The van der Waals surface area contributed by atoms with Gasteiger partial charge in [0, 0.05) is 6.54 Å². The molecule has 0 radical (unpaired) electrons. The van der Waals surface area contributed by atoms with Crippen LogP contribution in [0.2, 0.25) is 0 Å². The highest BCUT2D eigenvalue weighted by molar-refractivity contribution is 5.37. The molecule has 1 aromatic carbocycles. The Morgan fingerprint density at radius 2 is 2.00 bits per heavy atom. The van der Waals surface area contributed by atoms with Gasteiger partial charge in [0.25, 0.3) is 0 Å². The highest BCUT2D eigenvalue weighted by atomic mass is 16.3. The highest BCUT2D eigenvalue weighted by Crippen LogP contribution is 2.53. The Labute approximate surface area is 103 Å². The average molecular weight is 231 g/mol. The first-order valence-electron chi connectivity index (χ1n) is 6.58. The lowest BCUT2D eigenvalue weighted by atomic mass is 9.71. The molecule has 3 rings (SSSR count). The lowest BCUT2D eigenvalue weighted by Gasteiger charge is -2.42. The normalized spacial score (nSPS) is 34.9. The number of hydrogen-bond donors (Lipinski definition) is 2. The second-order valence-corrected chi connectivity index (χ2v) is 6.17. The number of hydrogen-bond acceptors (Lipinski definition) is 2. The van der Waals surface area contributed by atoms with E-state index in [1.54, 1.807) is 0 Å². The molecule has 0 aromatic heterocycles. The Bertz CT molecular complexity index is 440. The predicted octanol–water partition coefficient (Wildman–Crippen LogP) is 2.77. The minimum absolute atomic E-state index is 0.00210. The van der Waals surface area contributed by atoms with E-state index in [1.807, 2.05) is 0 Å². The quantitative estimate of drug-likeness (QED) is 0.779. The molecule has 1 aromatic rings. The molecule has 1 heterocycles. The summed E-state index contributed by atoms with van der Waals surface area (Å²) < 4.78 is 0. The van der Waals surface area contributed by atoms with E-state index in [0.717, 1.165) is 25.8 Å². The first-order valence-corrected chi connectivity index (χ1v) is 6.58. The van der Waals surface area contributed by atoms with Crippen LogP contribution in [0.5, 0.6) is 0 Å². The van der Waals surface area contributed by atoms with Crippen molar-refractivity contribution < 1.29 is 5.11 Å². The molecule has 0 amide bonds. The van der Waals surface area contributed by atoms with Crippen LogP contribution >= 0.6 is 0 Å². The van der Waals surface area contributed by atoms with Crippen LogP contribution in [0.1, 0.15) is 50.3 Å². The Morgan fingerprint density at radius 1 is 1.24 bits per heavy atom. The number of benzene rings is 1. The molecule has 2 unspecified atom stereocenters. The molecule has 2 atom stereocenters. The summed E-state index contributed by atoms with van der Waals surface area (Å²) in [6, 6.07) is 8.58. The van der Waals surface area contributed by atoms with Crippen molar-refractivity contribution in [2.75, 3.05) is 0 Å². The number of nitrogens with one attached hydrogen (secondary N) is 1. The molecule has 2 heteroatoms. The fourth-order valence-electron chi connectivity index (χ4n) is 3.61. The van der Waals surface area contributed by atoms with Gasteiger partial charge in [0.15, 0.2) is 0 Å². The molecule has 92 valence electrons. The topological polar surface area (TPSA) is 32.3 Å². The van der Waals surface area contributed by atoms with Crippen LogP contribution in [-0.4, -0.2) is 10.7 Å². The van der Waals surface area contributed by atoms with E-state index in [1.165, 1.54) is 11.1 Å². The van der Waals surface area contributed by atoms with Crippen molar-refractivity contribution in [3.63, 3.8) is 0 Å². The van der Waals surface area contributed by atoms with Crippen LogP contribution in [0.25, 0.3) is 0 Å². The molecule has 1 fully saturated rings. The van der Waals surface area contributed by atoms with E-state index in [0.29, 0.717) is 0 Å². The average Bonchev–Trinajstić information content (AvgIpc) is 2.82. The van der Waals surface area contributed by atoms with E-state index in [2.05, 4.69) is 43.4 Å². The van der Waals surface area contributed by atoms with E-state index in [4.69, 9.17) is 0 Å². The van der Waals surface area contributed by atoms with Crippen LogP contribution in [0.4, 0.5) is 0 Å². The minimum Gasteiger partial charge on any atom is -0.387 e. The van der Waals surface area contributed by atoms with E-state index >= 15 is 0 Å². The zero-order chi connectivity index (χ0) is 12.1. The first-order chi connectivity index (χ1) is 8.05. The maximum atomic E-state index is 11.1. The second kappa shape index (κ2) is 3.56. The standard InChI is InChI=1S/C15H21NO/c1-14(2)8-5-9-15(14,17)13-12-7-4-3-6-11(12)10-16-13/h3-4,6-7,13,16-17H,5,8-10H2,1-2H3. The monoisotopic (exact) mass is 231 g/mol. The van der Waals surface area contributed by atoms with Crippen molar-refractivity contribution in [2.24, 2.45) is 5.41 Å². The Morgan fingerprint density at radius 3 is 2.71 bits per heavy atom. The summed E-state index contributed by atoms with van der Waals surface area (Å²) in [4.78, 5) is 0. The van der Waals surface area contributed by atoms with E-state index < -0.39 is 5.60 Å². The van der Waals surface area contributed by atoms with Gasteiger partial charge in [-0.25, -0.2) is 0 Å². The molecular weight excluding hydrogens is 210 g/mol. The van der Waals surface area contributed by atoms with Crippen LogP contribution < -0.4 is 5.32 Å². The summed E-state index contributed by atoms with van der Waals surface area (Å²) in [7, 11) is 0. The zero-order valence-corrected chi connectivity index (χ0v) is 10.7. The predicted molar refractivity (Wildman–Crippen MR) is 68.6 cm³/mol. The Hall–Kier alpha value is -0.860. The zero-order valence-electron chi connectivity index (χ0n) is 10.7. The van der Waals surface area contributed by atoms with Gasteiger partial charge in [-0.2, -0.15) is 0 Å². The van der Waals surface area contributed by atoms with Crippen molar-refractivity contribution in [3.05, 3.63) is 35.4 Å². The van der Waals surface area contributed by atoms with Gasteiger partial charge in [-0.15, -0.1) is 0 Å². The van der Waals surface area contributed by atoms with Crippen molar-refractivity contribution >= 4 is 0 Å². The summed E-state index contributed by atoms with van der Waals surface area (Å²) in [5, 5.41) is 14.6. The fraction of sp³-hybridized carbons (Fsp3) is 0.600. The van der Waals surface area contributed by atoms with Gasteiger partial charge in [-0.05, 0) is 35.8 Å². The number of aliphatic hydroxyl groups is 1. The lowest BCUT2D eigenvalue weighted by molar-refractivity contribution is -0.0719. The van der Waals surface area contributed by atoms with Gasteiger partial charge < -0.3 is 10.4 Å². The molecule has 0 bridgehead atoms. The minimum atomic E-state index is -0.598. The van der Waals surface area contributed by atoms with Crippen molar-refractivity contribution in [1.29, 1.82) is 0 Å². The molecule has 2 N–H and O–H groups in total. The summed E-state index contributed by atoms with van der Waals surface area (Å²) in [6.07, 6.45) is 3.15. The Balaban J connectivity index is 2.02. The van der Waals surface area contributed by atoms with E-state index in [-0.39, 0.29) is 11.5 Å². The molecule has 1 aliphatic heterocycles. The van der Waals surface area contributed by atoms with Gasteiger partial charge in [-0.3, -0.25) is 0 Å². The summed E-state index contributed by atoms with van der Waals surface area (Å²) in [6.45, 7) is 5.28. The first kappa shape index (κ1) is 11.2. The highest BCUT2D eigenvalue weighted by Gasteiger charge is 2.54. The van der Waals surface area contributed by atoms with Crippen LogP contribution in [0.15, 0.2) is 24.3 Å². The lowest BCUT2D eigenvalue weighted by Crippen LogP contribution is -2.48. The summed E-state index contributed by atoms with van der Waals surface area (Å²) in [5.74, 6) is 0. The molecule has 1 aliphatic carbocycles. The molecule has 2 aliphatic rings. The third-order valence-electron chi connectivity index (χ3n) is 4.87. The molecule has 0 spiro atoms. The maximum absolute atomic E-state index is 11.1. The van der Waals surface area contributed by atoms with Crippen LogP contribution in [-0.2, 0) is 6.54 Å². The van der Waals surface area contributed by atoms with Gasteiger partial charge in [0.2, 0.25) is 0 Å². The Kier molecular flexibility index (Phi) is 2.36. The van der Waals surface area contributed by atoms with Gasteiger partial charge in [-0.1, -0.05) is 38.1 Å². The van der Waals surface area contributed by atoms with Crippen LogP contribution in [0, 0.1) is 5.41 Å². The molecular formula is C15H21NO. The van der Waals surface area contributed by atoms with Gasteiger partial charge in [0.05, 0.1) is 11.6 Å². The van der Waals surface area contributed by atoms with Crippen molar-refractivity contribution in [1.82, 2.24) is 5.32 Å². The van der Waals surface area contributed by atoms with Crippen molar-refractivity contribution in [2.45, 2.75) is 51.3 Å². The molecule has 0 saturated heterocycles. The van der Waals surface area contributed by atoms with Crippen LogP contribution in [0.3, 0.4) is 0 Å². The van der Waals surface area contributed by atoms with Gasteiger partial charge >= 0.3 is 0 Å². The third kappa shape index (κ3) is 1.47. The molecule has 17 heavy (non-hydrogen) atoms. The maximum Gasteiger partial charge on any atom is 0.0892 e. The largest absolute Gasteiger partial charge is 0.387 e.